The summed E-state index contributed by atoms with van der Waals surface area (Å²) in [6.45, 7) is 8.40. The first kappa shape index (κ1) is 16.4. The van der Waals surface area contributed by atoms with Crippen molar-refractivity contribution in [1.29, 1.82) is 0 Å². The lowest BCUT2D eigenvalue weighted by Gasteiger charge is -2.21. The number of aryl methyl sites for hydroxylation is 2. The largest absolute Gasteiger partial charge is 0.508 e. The number of hydrogen-bond donors (Lipinski definition) is 2. The van der Waals surface area contributed by atoms with Gasteiger partial charge in [0.05, 0.1) is 0 Å². The lowest BCUT2D eigenvalue weighted by atomic mass is 9.84. The molecule has 0 amide bonds. The minimum atomic E-state index is 0.349. The van der Waals surface area contributed by atoms with Crippen LogP contribution < -0.4 is 0 Å². The van der Waals surface area contributed by atoms with Crippen LogP contribution in [0.15, 0.2) is 24.3 Å². The van der Waals surface area contributed by atoms with E-state index in [2.05, 4.69) is 27.7 Å². The molecule has 0 saturated carbocycles. The van der Waals surface area contributed by atoms with Crippen LogP contribution in [0.3, 0.4) is 0 Å². The molecule has 2 rings (SSSR count). The summed E-state index contributed by atoms with van der Waals surface area (Å²) < 4.78 is 0. The predicted molar refractivity (Wildman–Crippen MR) is 92.7 cm³/mol. The SMILES string of the molecule is CCc1ccc(O)c(CC)c1-c1c(CC)ccc(O)c1CC. The van der Waals surface area contributed by atoms with Gasteiger partial charge in [0.2, 0.25) is 0 Å². The number of phenolic OH excluding ortho intramolecular Hbond substituents is 2. The van der Waals surface area contributed by atoms with Crippen LogP contribution in [-0.2, 0) is 25.7 Å². The Labute approximate surface area is 133 Å². The van der Waals surface area contributed by atoms with Gasteiger partial charge >= 0.3 is 0 Å². The highest BCUT2D eigenvalue weighted by Gasteiger charge is 2.19. The Hall–Kier alpha value is -1.96. The van der Waals surface area contributed by atoms with Crippen molar-refractivity contribution in [3.63, 3.8) is 0 Å². The number of phenols is 2. The van der Waals surface area contributed by atoms with Crippen LogP contribution >= 0.6 is 0 Å². The highest BCUT2D eigenvalue weighted by atomic mass is 16.3. The van der Waals surface area contributed by atoms with Gasteiger partial charge in [0.1, 0.15) is 11.5 Å². The van der Waals surface area contributed by atoms with E-state index >= 15 is 0 Å². The first-order valence-electron chi connectivity index (χ1n) is 8.26. The highest BCUT2D eigenvalue weighted by molar-refractivity contribution is 5.80. The summed E-state index contributed by atoms with van der Waals surface area (Å²) in [6, 6.07) is 7.60. The lowest BCUT2D eigenvalue weighted by molar-refractivity contribution is 0.467. The Bertz CT molecular complexity index is 612. The van der Waals surface area contributed by atoms with E-state index in [0.717, 1.165) is 47.9 Å². The average Bonchev–Trinajstić information content (AvgIpc) is 2.54. The first-order valence-corrected chi connectivity index (χ1v) is 8.26. The molecule has 0 radical (unpaired) electrons. The van der Waals surface area contributed by atoms with Crippen molar-refractivity contribution >= 4 is 0 Å². The van der Waals surface area contributed by atoms with Gasteiger partial charge < -0.3 is 10.2 Å². The monoisotopic (exact) mass is 298 g/mol. The number of aromatic hydroxyl groups is 2. The molecule has 0 aliphatic carbocycles. The zero-order valence-corrected chi connectivity index (χ0v) is 14.0. The molecule has 2 N–H and O–H groups in total. The molecular weight excluding hydrogens is 272 g/mol. The molecule has 0 aliphatic heterocycles. The van der Waals surface area contributed by atoms with Crippen molar-refractivity contribution in [2.75, 3.05) is 0 Å². The van der Waals surface area contributed by atoms with Crippen LogP contribution in [0.5, 0.6) is 11.5 Å². The van der Waals surface area contributed by atoms with Crippen molar-refractivity contribution in [2.45, 2.75) is 53.4 Å². The van der Waals surface area contributed by atoms with Crippen LogP contribution in [0, 0.1) is 0 Å². The zero-order chi connectivity index (χ0) is 16.3. The molecular formula is C20H26O2. The summed E-state index contributed by atoms with van der Waals surface area (Å²) >= 11 is 0. The average molecular weight is 298 g/mol. The number of benzene rings is 2. The molecule has 2 aromatic rings. The lowest BCUT2D eigenvalue weighted by Crippen LogP contribution is -2.02. The first-order chi connectivity index (χ1) is 10.6. The molecule has 2 heteroatoms. The third-order valence-corrected chi connectivity index (χ3v) is 4.47. The van der Waals surface area contributed by atoms with Crippen molar-refractivity contribution in [3.8, 4) is 22.6 Å². The van der Waals surface area contributed by atoms with E-state index in [9.17, 15) is 10.2 Å². The molecule has 0 spiro atoms. The Morgan fingerprint density at radius 1 is 0.591 bits per heavy atom. The van der Waals surface area contributed by atoms with E-state index in [1.165, 1.54) is 11.1 Å². The van der Waals surface area contributed by atoms with Gasteiger partial charge in [-0.2, -0.15) is 0 Å². The Kier molecular flexibility index (Phi) is 5.12. The quantitative estimate of drug-likeness (QED) is 0.814. The van der Waals surface area contributed by atoms with Crippen LogP contribution in [0.4, 0.5) is 0 Å². The van der Waals surface area contributed by atoms with Gasteiger partial charge in [0, 0.05) is 11.1 Å². The molecule has 2 aromatic carbocycles. The van der Waals surface area contributed by atoms with Crippen molar-refractivity contribution in [3.05, 3.63) is 46.5 Å². The molecule has 0 bridgehead atoms. The molecule has 0 aliphatic rings. The molecule has 0 atom stereocenters. The van der Waals surface area contributed by atoms with Gasteiger partial charge in [-0.15, -0.1) is 0 Å². The Balaban J connectivity index is 2.92. The Morgan fingerprint density at radius 3 is 1.23 bits per heavy atom. The van der Waals surface area contributed by atoms with E-state index in [4.69, 9.17) is 0 Å². The number of rotatable bonds is 5. The minimum Gasteiger partial charge on any atom is -0.508 e. The molecule has 0 saturated heterocycles. The van der Waals surface area contributed by atoms with Gasteiger partial charge in [-0.3, -0.25) is 0 Å². The molecule has 2 nitrogen and oxygen atoms in total. The maximum Gasteiger partial charge on any atom is 0.119 e. The van der Waals surface area contributed by atoms with Gasteiger partial charge in [0.25, 0.3) is 0 Å². The normalized spacial score (nSPS) is 10.9. The van der Waals surface area contributed by atoms with Crippen molar-refractivity contribution < 1.29 is 10.2 Å². The summed E-state index contributed by atoms with van der Waals surface area (Å²) in [5.41, 5.74) is 6.65. The van der Waals surface area contributed by atoms with E-state index in [-0.39, 0.29) is 0 Å². The van der Waals surface area contributed by atoms with E-state index in [1.807, 2.05) is 12.1 Å². The van der Waals surface area contributed by atoms with Crippen LogP contribution in [0.25, 0.3) is 11.1 Å². The highest BCUT2D eigenvalue weighted by Crippen LogP contribution is 2.41. The fourth-order valence-electron chi connectivity index (χ4n) is 3.30. The summed E-state index contributed by atoms with van der Waals surface area (Å²) in [5, 5.41) is 20.6. The van der Waals surface area contributed by atoms with Gasteiger partial charge in [0.15, 0.2) is 0 Å². The molecule has 22 heavy (non-hydrogen) atoms. The molecule has 0 fully saturated rings. The summed E-state index contributed by atoms with van der Waals surface area (Å²) in [7, 11) is 0. The minimum absolute atomic E-state index is 0.349. The Morgan fingerprint density at radius 2 is 0.955 bits per heavy atom. The summed E-state index contributed by atoms with van der Waals surface area (Å²) in [6.07, 6.45) is 3.36. The van der Waals surface area contributed by atoms with Crippen LogP contribution in [0.1, 0.15) is 49.9 Å². The van der Waals surface area contributed by atoms with Crippen LogP contribution in [0.2, 0.25) is 0 Å². The van der Waals surface area contributed by atoms with Crippen molar-refractivity contribution in [1.82, 2.24) is 0 Å². The third-order valence-electron chi connectivity index (χ3n) is 4.47. The van der Waals surface area contributed by atoms with Gasteiger partial charge in [-0.1, -0.05) is 39.8 Å². The standard InChI is InChI=1S/C20H26O2/c1-5-13-9-11-17(21)15(7-3)19(13)20-14(6-2)10-12-18(22)16(20)8-4/h9-12,21-22H,5-8H2,1-4H3. The molecule has 0 aromatic heterocycles. The smallest absolute Gasteiger partial charge is 0.119 e. The second-order valence-corrected chi connectivity index (χ2v) is 5.61. The molecule has 118 valence electrons. The third kappa shape index (κ3) is 2.70. The summed E-state index contributed by atoms with van der Waals surface area (Å²) in [4.78, 5) is 0. The van der Waals surface area contributed by atoms with E-state index in [0.29, 0.717) is 11.5 Å². The van der Waals surface area contributed by atoms with E-state index < -0.39 is 0 Å². The summed E-state index contributed by atoms with van der Waals surface area (Å²) in [5.74, 6) is 0.698. The zero-order valence-electron chi connectivity index (χ0n) is 14.0. The predicted octanol–water partition coefficient (Wildman–Crippen LogP) is 5.01. The molecule has 0 unspecified atom stereocenters. The topological polar surface area (TPSA) is 40.5 Å². The molecule has 0 heterocycles. The number of hydrogen-bond acceptors (Lipinski definition) is 2. The fraction of sp³-hybridized carbons (Fsp3) is 0.400. The maximum atomic E-state index is 10.3. The van der Waals surface area contributed by atoms with Gasteiger partial charge in [-0.05, 0) is 60.1 Å². The van der Waals surface area contributed by atoms with Crippen LogP contribution in [-0.4, -0.2) is 10.2 Å². The second kappa shape index (κ2) is 6.87. The second-order valence-electron chi connectivity index (χ2n) is 5.61. The van der Waals surface area contributed by atoms with Gasteiger partial charge in [-0.25, -0.2) is 0 Å². The maximum absolute atomic E-state index is 10.3. The van der Waals surface area contributed by atoms with E-state index in [1.54, 1.807) is 12.1 Å². The fourth-order valence-corrected chi connectivity index (χ4v) is 3.30. The van der Waals surface area contributed by atoms with Crippen molar-refractivity contribution in [2.24, 2.45) is 0 Å².